The lowest BCUT2D eigenvalue weighted by Crippen LogP contribution is -2.43. The van der Waals surface area contributed by atoms with Crippen LogP contribution in [0.1, 0.15) is 37.8 Å². The minimum absolute atomic E-state index is 0.0506. The zero-order valence-electron chi connectivity index (χ0n) is 18.2. The molecule has 1 saturated heterocycles. The monoisotopic (exact) mass is 498 g/mol. The van der Waals surface area contributed by atoms with Crippen LogP contribution in [0.25, 0.3) is 0 Å². The molecule has 0 unspecified atom stereocenters. The first kappa shape index (κ1) is 24.8. The van der Waals surface area contributed by atoms with Crippen LogP contribution in [0.5, 0.6) is 5.75 Å². The van der Waals surface area contributed by atoms with Crippen LogP contribution < -0.4 is 10.1 Å². The van der Waals surface area contributed by atoms with Gasteiger partial charge in [0.25, 0.3) is 0 Å². The van der Waals surface area contributed by atoms with Crippen LogP contribution in [0.2, 0.25) is 10.0 Å². The molecular weight excluding hydrogens is 471 g/mol. The van der Waals surface area contributed by atoms with Crippen LogP contribution >= 0.6 is 23.2 Å². The summed E-state index contributed by atoms with van der Waals surface area (Å²) in [4.78, 5) is 12.6. The third kappa shape index (κ3) is 6.85. The van der Waals surface area contributed by atoms with Crippen molar-refractivity contribution in [3.05, 3.63) is 63.6 Å². The van der Waals surface area contributed by atoms with Crippen molar-refractivity contribution in [3.63, 3.8) is 0 Å². The number of carbonyl (C=O) groups is 1. The molecule has 2 aromatic rings. The van der Waals surface area contributed by atoms with Gasteiger partial charge < -0.3 is 10.1 Å². The van der Waals surface area contributed by atoms with Gasteiger partial charge in [0.1, 0.15) is 5.75 Å². The van der Waals surface area contributed by atoms with Crippen LogP contribution in [-0.4, -0.2) is 37.8 Å². The minimum atomic E-state index is -3.53. The number of piperidine rings is 1. The highest BCUT2D eigenvalue weighted by molar-refractivity contribution is 7.88. The highest BCUT2D eigenvalue weighted by Gasteiger charge is 2.31. The number of benzene rings is 2. The summed E-state index contributed by atoms with van der Waals surface area (Å²) in [5.74, 6) is 0.356. The fourth-order valence-electron chi connectivity index (χ4n) is 3.61. The maximum atomic E-state index is 12.8. The summed E-state index contributed by atoms with van der Waals surface area (Å²) >= 11 is 12.0. The second kappa shape index (κ2) is 10.9. The van der Waals surface area contributed by atoms with E-state index in [4.69, 9.17) is 27.9 Å². The predicted octanol–water partition coefficient (Wildman–Crippen LogP) is 4.64. The molecule has 0 spiro atoms. The highest BCUT2D eigenvalue weighted by atomic mass is 35.5. The molecule has 0 aromatic heterocycles. The molecule has 6 nitrogen and oxygen atoms in total. The van der Waals surface area contributed by atoms with Gasteiger partial charge in [0.2, 0.25) is 15.9 Å². The van der Waals surface area contributed by atoms with E-state index in [9.17, 15) is 13.2 Å². The summed E-state index contributed by atoms with van der Waals surface area (Å²) in [5, 5.41) is 3.75. The Morgan fingerprint density at radius 2 is 1.78 bits per heavy atom. The quantitative estimate of drug-likeness (QED) is 0.575. The number of nitrogens with zero attached hydrogens (tertiary/aromatic N) is 1. The van der Waals surface area contributed by atoms with E-state index in [1.165, 1.54) is 10.4 Å². The number of carbonyl (C=O) groups excluding carboxylic acids is 1. The van der Waals surface area contributed by atoms with E-state index in [1.807, 2.05) is 38.1 Å². The zero-order valence-corrected chi connectivity index (χ0v) is 20.5. The summed E-state index contributed by atoms with van der Waals surface area (Å²) < 4.78 is 32.7. The number of sulfonamides is 1. The number of ether oxygens (including phenoxy) is 1. The second-order valence-electron chi connectivity index (χ2n) is 8.19. The summed E-state index contributed by atoms with van der Waals surface area (Å²) in [6.45, 7) is 4.99. The Hall–Kier alpha value is -1.80. The number of rotatable bonds is 8. The Balaban J connectivity index is 1.48. The van der Waals surface area contributed by atoms with Gasteiger partial charge in [-0.1, -0.05) is 41.4 Å². The predicted molar refractivity (Wildman–Crippen MR) is 127 cm³/mol. The number of hydrogen-bond acceptors (Lipinski definition) is 4. The molecule has 1 fully saturated rings. The summed E-state index contributed by atoms with van der Waals surface area (Å²) in [6.07, 6.45) is 1.08. The molecule has 1 N–H and O–H groups in total. The Morgan fingerprint density at radius 3 is 2.38 bits per heavy atom. The third-order valence-corrected chi connectivity index (χ3v) is 7.75. The van der Waals surface area contributed by atoms with E-state index in [-0.39, 0.29) is 23.7 Å². The smallest absolute Gasteiger partial charge is 0.223 e. The molecule has 0 saturated carbocycles. The van der Waals surface area contributed by atoms with E-state index >= 15 is 0 Å². The van der Waals surface area contributed by atoms with Crippen LogP contribution in [-0.2, 0) is 27.1 Å². The number of hydrogen-bond donors (Lipinski definition) is 1. The average Bonchev–Trinajstić information content (AvgIpc) is 2.75. The maximum Gasteiger partial charge on any atom is 0.223 e. The zero-order chi connectivity index (χ0) is 23.3. The molecule has 0 atom stereocenters. The van der Waals surface area contributed by atoms with Gasteiger partial charge in [-0.2, -0.15) is 0 Å². The Bertz CT molecular complexity index is 1030. The van der Waals surface area contributed by atoms with Crippen LogP contribution in [0.15, 0.2) is 42.5 Å². The Labute approximate surface area is 199 Å². The third-order valence-electron chi connectivity index (χ3n) is 5.33. The van der Waals surface area contributed by atoms with Crippen molar-refractivity contribution < 1.29 is 17.9 Å². The molecule has 1 amide bonds. The fraction of sp³-hybridized carbons (Fsp3) is 0.435. The van der Waals surface area contributed by atoms with Crippen LogP contribution in [0.4, 0.5) is 0 Å². The fourth-order valence-corrected chi connectivity index (χ4v) is 5.76. The van der Waals surface area contributed by atoms with E-state index in [0.29, 0.717) is 48.1 Å². The van der Waals surface area contributed by atoms with Crippen LogP contribution in [0, 0.1) is 5.92 Å². The van der Waals surface area contributed by atoms with Gasteiger partial charge in [-0.15, -0.1) is 0 Å². The normalized spacial score (nSPS) is 15.7. The molecule has 1 aliphatic heterocycles. The van der Waals surface area contributed by atoms with E-state index in [2.05, 4.69) is 5.32 Å². The topological polar surface area (TPSA) is 75.7 Å². The molecule has 0 bridgehead atoms. The van der Waals surface area contributed by atoms with Crippen molar-refractivity contribution in [1.82, 2.24) is 9.62 Å². The van der Waals surface area contributed by atoms with Gasteiger partial charge >= 0.3 is 0 Å². The van der Waals surface area contributed by atoms with Crippen molar-refractivity contribution in [3.8, 4) is 5.75 Å². The molecule has 0 aliphatic carbocycles. The first-order chi connectivity index (χ1) is 15.1. The minimum Gasteiger partial charge on any atom is -0.491 e. The lowest BCUT2D eigenvalue weighted by molar-refractivity contribution is -0.126. The SMILES string of the molecule is CC(C)Oc1ccc(CNC(=O)C2CCN(S(=O)(=O)Cc3ccc(Cl)cc3Cl)CC2)cc1. The molecule has 1 aliphatic rings. The number of halogens is 2. The standard InChI is InChI=1S/C23H28Cl2N2O4S/c1-16(2)31-21-7-3-17(4-8-21)14-26-23(28)18-9-11-27(12-10-18)32(29,30)15-19-5-6-20(24)13-22(19)25/h3-8,13,16,18H,9-12,14-15H2,1-2H3,(H,26,28). The largest absolute Gasteiger partial charge is 0.491 e. The molecule has 3 rings (SSSR count). The van der Waals surface area contributed by atoms with Crippen molar-refractivity contribution in [1.29, 1.82) is 0 Å². The lowest BCUT2D eigenvalue weighted by atomic mass is 9.97. The molecule has 9 heteroatoms. The summed E-state index contributed by atoms with van der Waals surface area (Å²) in [7, 11) is -3.53. The second-order valence-corrected chi connectivity index (χ2v) is 11.0. The number of amides is 1. The molecule has 0 radical (unpaired) electrons. The van der Waals surface area contributed by atoms with E-state index < -0.39 is 10.0 Å². The molecular formula is C23H28Cl2N2O4S. The van der Waals surface area contributed by atoms with Crippen molar-refractivity contribution >= 4 is 39.1 Å². The van der Waals surface area contributed by atoms with Gasteiger partial charge in [-0.3, -0.25) is 4.79 Å². The first-order valence-electron chi connectivity index (χ1n) is 10.6. The van der Waals surface area contributed by atoms with Gasteiger partial charge in [-0.05, 0) is 62.1 Å². The lowest BCUT2D eigenvalue weighted by Gasteiger charge is -2.30. The summed E-state index contributed by atoms with van der Waals surface area (Å²) in [6, 6.07) is 12.4. The Kier molecular flexibility index (Phi) is 8.44. The molecule has 32 heavy (non-hydrogen) atoms. The maximum absolute atomic E-state index is 12.8. The van der Waals surface area contributed by atoms with Crippen molar-refractivity contribution in [2.45, 2.75) is 45.1 Å². The van der Waals surface area contributed by atoms with Gasteiger partial charge in [0.15, 0.2) is 0 Å². The van der Waals surface area contributed by atoms with Gasteiger partial charge in [-0.25, -0.2) is 12.7 Å². The molecule has 174 valence electrons. The van der Waals surface area contributed by atoms with Crippen LogP contribution in [0.3, 0.4) is 0 Å². The van der Waals surface area contributed by atoms with Crippen molar-refractivity contribution in [2.24, 2.45) is 5.92 Å². The van der Waals surface area contributed by atoms with Crippen molar-refractivity contribution in [2.75, 3.05) is 13.1 Å². The summed E-state index contributed by atoms with van der Waals surface area (Å²) in [5.41, 5.74) is 1.50. The van der Waals surface area contributed by atoms with E-state index in [0.717, 1.165) is 11.3 Å². The Morgan fingerprint density at radius 1 is 1.12 bits per heavy atom. The average molecular weight is 499 g/mol. The van der Waals surface area contributed by atoms with Gasteiger partial charge in [0, 0.05) is 35.6 Å². The molecule has 1 heterocycles. The van der Waals surface area contributed by atoms with E-state index in [1.54, 1.807) is 12.1 Å². The number of nitrogens with one attached hydrogen (secondary N) is 1. The molecule has 2 aromatic carbocycles. The van der Waals surface area contributed by atoms with Gasteiger partial charge in [0.05, 0.1) is 11.9 Å². The first-order valence-corrected chi connectivity index (χ1v) is 13.0. The highest BCUT2D eigenvalue weighted by Crippen LogP contribution is 2.26.